The molecule has 2 heteroatoms. The minimum absolute atomic E-state index is 0. The lowest BCUT2D eigenvalue weighted by molar-refractivity contribution is 0.478. The summed E-state index contributed by atoms with van der Waals surface area (Å²) in [6.07, 6.45) is 5.79. The van der Waals surface area contributed by atoms with Gasteiger partial charge in [-0.25, -0.2) is 0 Å². The highest BCUT2D eigenvalue weighted by atomic mass is 14.6. The molecule has 1 rings (SSSR count). The predicted molar refractivity (Wildman–Crippen MR) is 50.3 cm³/mol. The van der Waals surface area contributed by atoms with Crippen molar-refractivity contribution in [1.29, 1.82) is 0 Å². The van der Waals surface area contributed by atoms with Crippen molar-refractivity contribution in [3.05, 3.63) is 11.6 Å². The molecular weight excluding hydrogens is 136 g/mol. The zero-order valence-electron chi connectivity index (χ0n) is 6.34. The molecule has 0 aromatic carbocycles. The third-order valence-corrected chi connectivity index (χ3v) is 2.21. The molecule has 0 spiro atoms. The molecule has 66 valence electrons. The molecule has 0 heterocycles. The fraction of sp³-hybridized carbons (Fsp3) is 0.778. The van der Waals surface area contributed by atoms with Crippen molar-refractivity contribution in [1.82, 2.24) is 0 Å². The van der Waals surface area contributed by atoms with E-state index in [2.05, 4.69) is 6.08 Å². The van der Waals surface area contributed by atoms with Crippen molar-refractivity contribution in [2.24, 2.45) is 17.4 Å². The quantitative estimate of drug-likeness (QED) is 0.591. The second-order valence-electron chi connectivity index (χ2n) is 2.94. The van der Waals surface area contributed by atoms with Gasteiger partial charge in [0.25, 0.3) is 0 Å². The van der Waals surface area contributed by atoms with E-state index in [1.807, 2.05) is 0 Å². The van der Waals surface area contributed by atoms with Crippen molar-refractivity contribution in [2.45, 2.75) is 26.7 Å². The molecule has 1 aliphatic rings. The molecule has 0 aliphatic heterocycles. The zero-order valence-corrected chi connectivity index (χ0v) is 6.34. The molecule has 4 N–H and O–H groups in total. The Morgan fingerprint density at radius 1 is 1.45 bits per heavy atom. The molecule has 2 nitrogen and oxygen atoms in total. The van der Waals surface area contributed by atoms with Gasteiger partial charge in [-0.1, -0.05) is 19.1 Å². The van der Waals surface area contributed by atoms with Crippen LogP contribution < -0.4 is 11.5 Å². The smallest absolute Gasteiger partial charge is 0.0136 e. The van der Waals surface area contributed by atoms with E-state index in [0.29, 0.717) is 0 Å². The fourth-order valence-electron chi connectivity index (χ4n) is 1.34. The third kappa shape index (κ3) is 3.04. The van der Waals surface area contributed by atoms with Crippen LogP contribution in [0.1, 0.15) is 26.7 Å². The molecule has 1 atom stereocenters. The van der Waals surface area contributed by atoms with Crippen molar-refractivity contribution in [3.8, 4) is 0 Å². The molecule has 1 unspecified atom stereocenters. The van der Waals surface area contributed by atoms with Crippen LogP contribution in [0.3, 0.4) is 0 Å². The highest BCUT2D eigenvalue weighted by Gasteiger charge is 2.10. The number of nitrogens with two attached hydrogens (primary N) is 2. The first-order valence-corrected chi connectivity index (χ1v) is 3.95. The van der Waals surface area contributed by atoms with Crippen LogP contribution in [0.4, 0.5) is 0 Å². The van der Waals surface area contributed by atoms with E-state index < -0.39 is 0 Å². The highest BCUT2D eigenvalue weighted by molar-refractivity contribution is 5.07. The Morgan fingerprint density at radius 3 is 2.55 bits per heavy atom. The standard InChI is InChI=1S/C8H16N2.CH4/c9-5-7-1-2-8(6-10)4-3-7;/h1,8H,2-6,9-10H2;1H4. The van der Waals surface area contributed by atoms with E-state index >= 15 is 0 Å². The van der Waals surface area contributed by atoms with E-state index in [-0.39, 0.29) is 7.43 Å². The molecule has 11 heavy (non-hydrogen) atoms. The third-order valence-electron chi connectivity index (χ3n) is 2.21. The average Bonchev–Trinajstić information content (AvgIpc) is 2.05. The summed E-state index contributed by atoms with van der Waals surface area (Å²) < 4.78 is 0. The van der Waals surface area contributed by atoms with E-state index in [0.717, 1.165) is 25.4 Å². The van der Waals surface area contributed by atoms with Crippen LogP contribution in [0.25, 0.3) is 0 Å². The summed E-state index contributed by atoms with van der Waals surface area (Å²) in [5, 5.41) is 0. The Kier molecular flexibility index (Phi) is 5.16. The van der Waals surface area contributed by atoms with Gasteiger partial charge in [-0.3, -0.25) is 0 Å². The molecule has 0 radical (unpaired) electrons. The second kappa shape index (κ2) is 5.33. The predicted octanol–water partition coefficient (Wildman–Crippen LogP) is 1.27. The van der Waals surface area contributed by atoms with Crippen molar-refractivity contribution in [3.63, 3.8) is 0 Å². The van der Waals surface area contributed by atoms with Gasteiger partial charge in [-0.2, -0.15) is 0 Å². The number of hydrogen-bond acceptors (Lipinski definition) is 2. The van der Waals surface area contributed by atoms with Gasteiger partial charge in [0.15, 0.2) is 0 Å². The lowest BCUT2D eigenvalue weighted by Crippen LogP contribution is -2.18. The molecule has 0 aromatic heterocycles. The molecule has 0 saturated carbocycles. The van der Waals surface area contributed by atoms with Gasteiger partial charge in [0.1, 0.15) is 0 Å². The Hall–Kier alpha value is -0.340. The maximum atomic E-state index is 5.53. The van der Waals surface area contributed by atoms with Crippen LogP contribution >= 0.6 is 0 Å². The zero-order chi connectivity index (χ0) is 7.40. The molecule has 0 bridgehead atoms. The minimum Gasteiger partial charge on any atom is -0.330 e. The summed E-state index contributed by atoms with van der Waals surface area (Å²) in [5.74, 6) is 0.718. The van der Waals surface area contributed by atoms with Gasteiger partial charge in [-0.05, 0) is 31.7 Å². The van der Waals surface area contributed by atoms with Gasteiger partial charge >= 0.3 is 0 Å². The highest BCUT2D eigenvalue weighted by Crippen LogP contribution is 2.21. The fourth-order valence-corrected chi connectivity index (χ4v) is 1.34. The maximum Gasteiger partial charge on any atom is 0.0136 e. The maximum absolute atomic E-state index is 5.53. The number of allylic oxidation sites excluding steroid dienone is 1. The second-order valence-corrected chi connectivity index (χ2v) is 2.94. The van der Waals surface area contributed by atoms with Crippen LogP contribution in [0, 0.1) is 5.92 Å². The van der Waals surface area contributed by atoms with Crippen molar-refractivity contribution in [2.75, 3.05) is 13.1 Å². The number of rotatable bonds is 2. The Balaban J connectivity index is 0.000001000. The summed E-state index contributed by atoms with van der Waals surface area (Å²) in [7, 11) is 0. The molecule has 0 saturated heterocycles. The minimum atomic E-state index is 0. The molecular formula is C9H20N2. The summed E-state index contributed by atoms with van der Waals surface area (Å²) in [4.78, 5) is 0. The lowest BCUT2D eigenvalue weighted by atomic mass is 9.90. The van der Waals surface area contributed by atoms with Crippen LogP contribution in [0.2, 0.25) is 0 Å². The first kappa shape index (κ1) is 10.7. The van der Waals surface area contributed by atoms with Crippen LogP contribution in [-0.2, 0) is 0 Å². The van der Waals surface area contributed by atoms with Crippen LogP contribution in [0.5, 0.6) is 0 Å². The van der Waals surface area contributed by atoms with Gasteiger partial charge < -0.3 is 11.5 Å². The summed E-state index contributed by atoms with van der Waals surface area (Å²) in [5.41, 5.74) is 12.4. The molecule has 0 amide bonds. The van der Waals surface area contributed by atoms with E-state index in [9.17, 15) is 0 Å². The van der Waals surface area contributed by atoms with Gasteiger partial charge in [0.05, 0.1) is 0 Å². The summed E-state index contributed by atoms with van der Waals surface area (Å²) >= 11 is 0. The van der Waals surface area contributed by atoms with Crippen LogP contribution in [-0.4, -0.2) is 13.1 Å². The largest absolute Gasteiger partial charge is 0.330 e. The van der Waals surface area contributed by atoms with E-state index in [4.69, 9.17) is 11.5 Å². The van der Waals surface area contributed by atoms with E-state index in [1.54, 1.807) is 0 Å². The van der Waals surface area contributed by atoms with Gasteiger partial charge in [0.2, 0.25) is 0 Å². The van der Waals surface area contributed by atoms with E-state index in [1.165, 1.54) is 18.4 Å². The SMILES string of the molecule is C.NCC1=CCC(CN)CC1. The van der Waals surface area contributed by atoms with Crippen molar-refractivity contribution >= 4 is 0 Å². The first-order chi connectivity index (χ1) is 4.86. The topological polar surface area (TPSA) is 52.0 Å². The molecule has 1 aliphatic carbocycles. The normalized spacial score (nSPS) is 23.8. The lowest BCUT2D eigenvalue weighted by Gasteiger charge is -2.19. The monoisotopic (exact) mass is 156 g/mol. The summed E-state index contributed by atoms with van der Waals surface area (Å²) in [6, 6.07) is 0. The van der Waals surface area contributed by atoms with Crippen molar-refractivity contribution < 1.29 is 0 Å². The van der Waals surface area contributed by atoms with Gasteiger partial charge in [0, 0.05) is 6.54 Å². The Bertz CT molecular complexity index is 130. The van der Waals surface area contributed by atoms with Gasteiger partial charge in [-0.15, -0.1) is 0 Å². The number of hydrogen-bond donors (Lipinski definition) is 2. The van der Waals surface area contributed by atoms with Crippen LogP contribution in [0.15, 0.2) is 11.6 Å². The molecule has 0 aromatic rings. The Morgan fingerprint density at radius 2 is 2.18 bits per heavy atom. The summed E-state index contributed by atoms with van der Waals surface area (Å²) in [6.45, 7) is 1.56. The average molecular weight is 156 g/mol. The first-order valence-electron chi connectivity index (χ1n) is 3.95. The Labute approximate surface area is 69.6 Å². The molecule has 0 fully saturated rings.